The van der Waals surface area contributed by atoms with E-state index in [1.807, 2.05) is 42.7 Å². The van der Waals surface area contributed by atoms with Crippen molar-refractivity contribution in [3.8, 4) is 11.4 Å². The van der Waals surface area contributed by atoms with Crippen LogP contribution in [0.15, 0.2) is 70.6 Å². The SMILES string of the molecule is CSCc1cc(Sc2cccc(C(F)(F)F)c2)nc(-c2ccccc2)n1. The first-order valence-corrected chi connectivity index (χ1v) is 9.94. The fraction of sp³-hybridized carbons (Fsp3) is 0.158. The van der Waals surface area contributed by atoms with E-state index in [0.717, 1.165) is 23.4 Å². The average Bonchev–Trinajstić information content (AvgIpc) is 2.62. The Morgan fingerprint density at radius 3 is 2.38 bits per heavy atom. The van der Waals surface area contributed by atoms with Crippen LogP contribution in [0.25, 0.3) is 11.4 Å². The van der Waals surface area contributed by atoms with E-state index in [1.54, 1.807) is 17.8 Å². The molecule has 2 aromatic carbocycles. The number of benzene rings is 2. The van der Waals surface area contributed by atoms with Crippen LogP contribution in [0.5, 0.6) is 0 Å². The highest BCUT2D eigenvalue weighted by Gasteiger charge is 2.30. The van der Waals surface area contributed by atoms with E-state index in [0.29, 0.717) is 21.5 Å². The molecule has 26 heavy (non-hydrogen) atoms. The smallest absolute Gasteiger partial charge is 0.232 e. The summed E-state index contributed by atoms with van der Waals surface area (Å²) in [5.41, 5.74) is 1.06. The first-order valence-electron chi connectivity index (χ1n) is 7.73. The zero-order valence-corrected chi connectivity index (χ0v) is 15.5. The van der Waals surface area contributed by atoms with E-state index >= 15 is 0 Å². The van der Waals surface area contributed by atoms with Gasteiger partial charge in [-0.2, -0.15) is 24.9 Å². The number of thioether (sulfide) groups is 1. The molecule has 0 fully saturated rings. The van der Waals surface area contributed by atoms with E-state index in [-0.39, 0.29) is 0 Å². The summed E-state index contributed by atoms with van der Waals surface area (Å²) >= 11 is 2.84. The Bertz CT molecular complexity index is 883. The molecule has 0 aliphatic carbocycles. The molecule has 3 rings (SSSR count). The zero-order valence-electron chi connectivity index (χ0n) is 13.8. The highest BCUT2D eigenvalue weighted by atomic mass is 32.2. The van der Waals surface area contributed by atoms with E-state index in [1.165, 1.54) is 17.8 Å². The number of aromatic nitrogens is 2. The maximum atomic E-state index is 12.9. The Labute approximate surface area is 158 Å². The fourth-order valence-electron chi connectivity index (χ4n) is 2.32. The summed E-state index contributed by atoms with van der Waals surface area (Å²) in [5.74, 6) is 1.28. The lowest BCUT2D eigenvalue weighted by Crippen LogP contribution is -2.04. The van der Waals surface area contributed by atoms with Crippen LogP contribution in [0.4, 0.5) is 13.2 Å². The predicted molar refractivity (Wildman–Crippen MR) is 100 cm³/mol. The molecule has 2 nitrogen and oxygen atoms in total. The molecule has 0 atom stereocenters. The molecular formula is C19H15F3N2S2. The van der Waals surface area contributed by atoms with Crippen LogP contribution in [-0.2, 0) is 11.9 Å². The molecule has 7 heteroatoms. The second-order valence-electron chi connectivity index (χ2n) is 5.45. The summed E-state index contributed by atoms with van der Waals surface area (Å²) in [6.45, 7) is 0. The van der Waals surface area contributed by atoms with Gasteiger partial charge in [-0.1, -0.05) is 48.2 Å². The Morgan fingerprint density at radius 1 is 0.923 bits per heavy atom. The van der Waals surface area contributed by atoms with Gasteiger partial charge in [0, 0.05) is 16.2 Å². The molecular weight excluding hydrogens is 377 g/mol. The van der Waals surface area contributed by atoms with Crippen molar-refractivity contribution in [3.05, 3.63) is 71.9 Å². The second-order valence-corrected chi connectivity index (χ2v) is 7.41. The quantitative estimate of drug-likeness (QED) is 0.485. The van der Waals surface area contributed by atoms with Gasteiger partial charge in [-0.3, -0.25) is 0 Å². The Balaban J connectivity index is 1.96. The van der Waals surface area contributed by atoms with Crippen molar-refractivity contribution in [1.82, 2.24) is 9.97 Å². The molecule has 3 aromatic rings. The van der Waals surface area contributed by atoms with Gasteiger partial charge in [-0.15, -0.1) is 0 Å². The zero-order chi connectivity index (χ0) is 18.6. The largest absolute Gasteiger partial charge is 0.416 e. The number of hydrogen-bond donors (Lipinski definition) is 0. The molecule has 1 aromatic heterocycles. The van der Waals surface area contributed by atoms with Gasteiger partial charge < -0.3 is 0 Å². The normalized spacial score (nSPS) is 11.5. The second kappa shape index (κ2) is 8.14. The van der Waals surface area contributed by atoms with Gasteiger partial charge in [0.25, 0.3) is 0 Å². The van der Waals surface area contributed by atoms with Crippen molar-refractivity contribution < 1.29 is 13.2 Å². The molecule has 0 radical (unpaired) electrons. The molecule has 0 bridgehead atoms. The Hall–Kier alpha value is -1.99. The summed E-state index contributed by atoms with van der Waals surface area (Å²) < 4.78 is 38.8. The van der Waals surface area contributed by atoms with E-state index in [2.05, 4.69) is 9.97 Å². The number of halogens is 3. The van der Waals surface area contributed by atoms with Crippen LogP contribution in [0, 0.1) is 0 Å². The minimum atomic E-state index is -4.36. The highest BCUT2D eigenvalue weighted by molar-refractivity contribution is 7.99. The topological polar surface area (TPSA) is 25.8 Å². The van der Waals surface area contributed by atoms with Crippen molar-refractivity contribution >= 4 is 23.5 Å². The monoisotopic (exact) mass is 392 g/mol. The third-order valence-corrected chi connectivity index (χ3v) is 4.96. The minimum absolute atomic E-state index is 0.493. The first-order chi connectivity index (χ1) is 12.5. The van der Waals surface area contributed by atoms with Gasteiger partial charge in [0.2, 0.25) is 0 Å². The van der Waals surface area contributed by atoms with E-state index in [9.17, 15) is 13.2 Å². The van der Waals surface area contributed by atoms with E-state index < -0.39 is 11.7 Å². The summed E-state index contributed by atoms with van der Waals surface area (Å²) in [4.78, 5) is 9.59. The number of hydrogen-bond acceptors (Lipinski definition) is 4. The molecule has 0 N–H and O–H groups in total. The molecule has 0 unspecified atom stereocenters. The fourth-order valence-corrected chi connectivity index (χ4v) is 3.66. The summed E-state index contributed by atoms with van der Waals surface area (Å²) in [7, 11) is 0. The Morgan fingerprint density at radius 2 is 1.69 bits per heavy atom. The third-order valence-electron chi connectivity index (χ3n) is 3.46. The van der Waals surface area contributed by atoms with Crippen molar-refractivity contribution in [2.45, 2.75) is 21.9 Å². The molecule has 0 saturated carbocycles. The molecule has 1 heterocycles. The number of alkyl halides is 3. The lowest BCUT2D eigenvalue weighted by molar-refractivity contribution is -0.137. The maximum absolute atomic E-state index is 12.9. The Kier molecular flexibility index (Phi) is 5.88. The third kappa shape index (κ3) is 4.80. The van der Waals surface area contributed by atoms with Gasteiger partial charge in [0.1, 0.15) is 5.03 Å². The summed E-state index contributed by atoms with van der Waals surface area (Å²) in [5, 5.41) is 0.627. The van der Waals surface area contributed by atoms with Gasteiger partial charge >= 0.3 is 6.18 Å². The predicted octanol–water partition coefficient (Wildman–Crippen LogP) is 6.18. The first kappa shape index (κ1) is 18.8. The molecule has 0 aliphatic heterocycles. The average molecular weight is 392 g/mol. The summed E-state index contributed by atoms with van der Waals surface area (Å²) in [6, 6.07) is 16.6. The molecule has 0 spiro atoms. The van der Waals surface area contributed by atoms with E-state index in [4.69, 9.17) is 0 Å². The lowest BCUT2D eigenvalue weighted by atomic mass is 10.2. The lowest BCUT2D eigenvalue weighted by Gasteiger charge is -2.10. The highest BCUT2D eigenvalue weighted by Crippen LogP contribution is 2.34. The van der Waals surface area contributed by atoms with Crippen molar-refractivity contribution in [2.24, 2.45) is 0 Å². The summed E-state index contributed by atoms with van der Waals surface area (Å²) in [6.07, 6.45) is -2.38. The van der Waals surface area contributed by atoms with Gasteiger partial charge in [0.05, 0.1) is 11.3 Å². The molecule has 0 aliphatic rings. The number of rotatable bonds is 5. The van der Waals surface area contributed by atoms with Gasteiger partial charge in [0.15, 0.2) is 5.82 Å². The van der Waals surface area contributed by atoms with Gasteiger partial charge in [-0.25, -0.2) is 9.97 Å². The number of nitrogens with zero attached hydrogens (tertiary/aromatic N) is 2. The van der Waals surface area contributed by atoms with Crippen LogP contribution >= 0.6 is 23.5 Å². The standard InChI is InChI=1S/C19H15F3N2S2/c1-25-12-15-11-17(24-18(23-15)13-6-3-2-4-7-13)26-16-9-5-8-14(10-16)19(20,21)22/h2-11H,12H2,1H3. The molecule has 0 saturated heterocycles. The van der Waals surface area contributed by atoms with Crippen molar-refractivity contribution in [2.75, 3.05) is 6.26 Å². The molecule has 134 valence electrons. The van der Waals surface area contributed by atoms with Crippen LogP contribution in [-0.4, -0.2) is 16.2 Å². The van der Waals surface area contributed by atoms with Crippen LogP contribution in [0.2, 0.25) is 0 Å². The maximum Gasteiger partial charge on any atom is 0.416 e. The van der Waals surface area contributed by atoms with Crippen LogP contribution < -0.4 is 0 Å². The van der Waals surface area contributed by atoms with Gasteiger partial charge in [-0.05, 0) is 30.5 Å². The van der Waals surface area contributed by atoms with Crippen molar-refractivity contribution in [3.63, 3.8) is 0 Å². The van der Waals surface area contributed by atoms with Crippen LogP contribution in [0.3, 0.4) is 0 Å². The molecule has 0 amide bonds. The van der Waals surface area contributed by atoms with Crippen LogP contribution in [0.1, 0.15) is 11.3 Å². The minimum Gasteiger partial charge on any atom is -0.232 e. The van der Waals surface area contributed by atoms with Crippen molar-refractivity contribution in [1.29, 1.82) is 0 Å².